The van der Waals surface area contributed by atoms with Crippen LogP contribution in [-0.2, 0) is 21.7 Å². The van der Waals surface area contributed by atoms with Crippen molar-refractivity contribution >= 4 is 22.6 Å². The van der Waals surface area contributed by atoms with Crippen LogP contribution in [0.3, 0.4) is 0 Å². The van der Waals surface area contributed by atoms with Gasteiger partial charge in [-0.25, -0.2) is 4.79 Å². The summed E-state index contributed by atoms with van der Waals surface area (Å²) in [6, 6.07) is 0. The summed E-state index contributed by atoms with van der Waals surface area (Å²) < 4.78 is 14.0. The molecule has 1 aromatic heterocycles. The number of hydrogen-bond acceptors (Lipinski definition) is 4. The molecule has 238 valence electrons. The zero-order valence-corrected chi connectivity index (χ0v) is 30.8. The molecule has 0 aromatic carbocycles. The Morgan fingerprint density at radius 3 is 2.12 bits per heavy atom. The number of hydrogen-bond donors (Lipinski definition) is 2. The molecule has 2 saturated carbocycles. The molecule has 3 aliphatic rings. The van der Waals surface area contributed by atoms with Crippen molar-refractivity contribution in [2.24, 2.45) is 34.5 Å². The number of aromatic amines is 1. The highest BCUT2D eigenvalue weighted by molar-refractivity contribution is 6.74. The Bertz CT molecular complexity index is 1190. The molecular formula is C34H60N2O4Si2. The predicted octanol–water partition coefficient (Wildman–Crippen LogP) is 8.87. The fraction of sp³-hybridized carbons (Fsp3) is 0.824. The van der Waals surface area contributed by atoms with Gasteiger partial charge in [0, 0.05) is 24.5 Å². The number of carboxylic acids is 1. The second kappa shape index (κ2) is 11.0. The van der Waals surface area contributed by atoms with Crippen LogP contribution in [-0.4, -0.2) is 51.1 Å². The monoisotopic (exact) mass is 616 g/mol. The fourth-order valence-corrected chi connectivity index (χ4v) is 10.0. The Labute approximate surface area is 258 Å². The van der Waals surface area contributed by atoms with E-state index in [9.17, 15) is 9.90 Å². The molecule has 0 aliphatic heterocycles. The van der Waals surface area contributed by atoms with Crippen molar-refractivity contribution in [3.05, 3.63) is 29.1 Å². The van der Waals surface area contributed by atoms with Gasteiger partial charge >= 0.3 is 5.97 Å². The predicted molar refractivity (Wildman–Crippen MR) is 177 cm³/mol. The highest BCUT2D eigenvalue weighted by Crippen LogP contribution is 2.63. The van der Waals surface area contributed by atoms with E-state index in [0.29, 0.717) is 24.4 Å². The molecule has 8 heteroatoms. The highest BCUT2D eigenvalue weighted by Gasteiger charge is 2.58. The summed E-state index contributed by atoms with van der Waals surface area (Å²) >= 11 is 0. The number of aromatic carboxylic acids is 1. The van der Waals surface area contributed by atoms with Crippen molar-refractivity contribution in [1.82, 2.24) is 10.2 Å². The van der Waals surface area contributed by atoms with Gasteiger partial charge in [0.15, 0.2) is 22.3 Å². The van der Waals surface area contributed by atoms with Gasteiger partial charge in [-0.2, -0.15) is 5.10 Å². The first-order valence-electron chi connectivity index (χ1n) is 16.3. The standard InChI is InChI=1S/C34H60N2O4Si2/c1-22-14-15-26-25(21-40-42(12,13)32(5,6)7)27(16-17-33(22,26)8)34(9)19-24-28(35-36-29(24)30(37)38)18-23(34)20-39-41(10,11)31(2,3)4/h23,25-27H,1,14-21H2,2-13H3,(H,35,36)(H,37,38)/t23-,25+,26+,27+,33-,34+/m1/s1. The summed E-state index contributed by atoms with van der Waals surface area (Å²) in [5, 5.41) is 17.7. The molecule has 42 heavy (non-hydrogen) atoms. The third-order valence-corrected chi connectivity index (χ3v) is 22.2. The number of carboxylic acid groups (broad SMARTS) is 1. The molecule has 0 radical (unpaired) electrons. The van der Waals surface area contributed by atoms with Crippen molar-refractivity contribution in [1.29, 1.82) is 0 Å². The van der Waals surface area contributed by atoms with Gasteiger partial charge in [-0.05, 0) is 109 Å². The number of allylic oxidation sites excluding steroid dienone is 1. The summed E-state index contributed by atoms with van der Waals surface area (Å²) in [5.74, 6) is 0.683. The number of rotatable bonds is 8. The molecule has 1 aromatic rings. The maximum absolute atomic E-state index is 12.2. The molecule has 0 amide bonds. The van der Waals surface area contributed by atoms with Crippen LogP contribution in [0.4, 0.5) is 0 Å². The molecule has 2 N–H and O–H groups in total. The number of carbonyl (C=O) groups is 1. The van der Waals surface area contributed by atoms with Gasteiger partial charge in [0.1, 0.15) is 0 Å². The lowest BCUT2D eigenvalue weighted by molar-refractivity contribution is -0.0707. The SMILES string of the molecule is C=C1CC[C@H]2[C@H](CO[Si](C)(C)C(C)(C)C)[C@@H]([C@@]3(C)Cc4c(C(=O)O)n[nH]c4C[C@@H]3CO[Si](C)(C)C(C)(C)C)CC[C@]12C. The molecule has 0 spiro atoms. The molecule has 1 heterocycles. The molecule has 0 unspecified atom stereocenters. The molecular weight excluding hydrogens is 557 g/mol. The lowest BCUT2D eigenvalue weighted by Crippen LogP contribution is -2.54. The largest absolute Gasteiger partial charge is 0.476 e. The molecule has 0 bridgehead atoms. The lowest BCUT2D eigenvalue weighted by atomic mass is 9.49. The first-order chi connectivity index (χ1) is 19.1. The van der Waals surface area contributed by atoms with Crippen LogP contribution in [0.5, 0.6) is 0 Å². The Balaban J connectivity index is 1.77. The summed E-state index contributed by atoms with van der Waals surface area (Å²) in [6.45, 7) is 34.2. The Kier molecular flexibility index (Phi) is 8.81. The van der Waals surface area contributed by atoms with Crippen LogP contribution < -0.4 is 0 Å². The average molecular weight is 617 g/mol. The van der Waals surface area contributed by atoms with Crippen LogP contribution in [0, 0.1) is 34.5 Å². The van der Waals surface area contributed by atoms with Crippen LogP contribution >= 0.6 is 0 Å². The van der Waals surface area contributed by atoms with E-state index in [1.165, 1.54) is 12.0 Å². The maximum Gasteiger partial charge on any atom is 0.356 e. The summed E-state index contributed by atoms with van der Waals surface area (Å²) in [6.07, 6.45) is 6.04. The van der Waals surface area contributed by atoms with Gasteiger partial charge < -0.3 is 14.0 Å². The molecule has 3 aliphatic carbocycles. The quantitative estimate of drug-likeness (QED) is 0.225. The van der Waals surface area contributed by atoms with Crippen molar-refractivity contribution < 1.29 is 18.8 Å². The van der Waals surface area contributed by atoms with E-state index in [0.717, 1.165) is 50.0 Å². The van der Waals surface area contributed by atoms with Gasteiger partial charge in [-0.15, -0.1) is 0 Å². The molecule has 6 atom stereocenters. The Hall–Kier alpha value is -1.23. The minimum atomic E-state index is -1.98. The van der Waals surface area contributed by atoms with Crippen LogP contribution in [0.15, 0.2) is 12.2 Å². The van der Waals surface area contributed by atoms with E-state index < -0.39 is 22.6 Å². The zero-order chi connectivity index (χ0) is 31.7. The average Bonchev–Trinajstić information content (AvgIpc) is 3.39. The molecule has 4 rings (SSSR count). The number of aromatic nitrogens is 2. The highest BCUT2D eigenvalue weighted by atomic mass is 28.4. The minimum Gasteiger partial charge on any atom is -0.476 e. The van der Waals surface area contributed by atoms with Gasteiger partial charge in [0.05, 0.1) is 0 Å². The number of nitrogens with one attached hydrogen (secondary N) is 1. The minimum absolute atomic E-state index is 0.129. The Morgan fingerprint density at radius 2 is 1.57 bits per heavy atom. The van der Waals surface area contributed by atoms with E-state index in [1.807, 2.05) is 0 Å². The maximum atomic E-state index is 12.2. The van der Waals surface area contributed by atoms with Gasteiger partial charge in [-0.1, -0.05) is 67.5 Å². The number of fused-ring (bicyclic) bond motifs is 2. The van der Waals surface area contributed by atoms with Crippen LogP contribution in [0.1, 0.15) is 103 Å². The van der Waals surface area contributed by atoms with Gasteiger partial charge in [0.25, 0.3) is 0 Å². The second-order valence-corrected chi connectivity index (χ2v) is 27.2. The molecule has 6 nitrogen and oxygen atoms in total. The van der Waals surface area contributed by atoms with E-state index in [2.05, 4.69) is 98.4 Å². The fourth-order valence-electron chi connectivity index (χ4n) is 7.92. The topological polar surface area (TPSA) is 84.4 Å². The van der Waals surface area contributed by atoms with Crippen molar-refractivity contribution in [3.8, 4) is 0 Å². The van der Waals surface area contributed by atoms with E-state index in [1.54, 1.807) is 0 Å². The van der Waals surface area contributed by atoms with Crippen molar-refractivity contribution in [2.75, 3.05) is 13.2 Å². The van der Waals surface area contributed by atoms with E-state index in [4.69, 9.17) is 8.85 Å². The lowest BCUT2D eigenvalue weighted by Gasteiger charge is -2.57. The number of H-pyrrole nitrogens is 1. The number of nitrogens with zero attached hydrogens (tertiary/aromatic N) is 1. The van der Waals surface area contributed by atoms with Crippen molar-refractivity contribution in [2.45, 2.75) is 130 Å². The first-order valence-corrected chi connectivity index (χ1v) is 22.1. The molecule has 2 fully saturated rings. The normalized spacial score (nSPS) is 32.5. The summed E-state index contributed by atoms with van der Waals surface area (Å²) in [5.41, 5.74) is 3.53. The van der Waals surface area contributed by atoms with E-state index in [-0.39, 0.29) is 32.5 Å². The second-order valence-electron chi connectivity index (χ2n) is 17.5. The van der Waals surface area contributed by atoms with Gasteiger partial charge in [0.2, 0.25) is 0 Å². The smallest absolute Gasteiger partial charge is 0.356 e. The molecule has 0 saturated heterocycles. The Morgan fingerprint density at radius 1 is 1.00 bits per heavy atom. The van der Waals surface area contributed by atoms with Crippen molar-refractivity contribution in [3.63, 3.8) is 0 Å². The van der Waals surface area contributed by atoms with E-state index >= 15 is 0 Å². The summed E-state index contributed by atoms with van der Waals surface area (Å²) in [4.78, 5) is 12.2. The third-order valence-electron chi connectivity index (χ3n) is 13.2. The van der Waals surface area contributed by atoms with Crippen LogP contribution in [0.2, 0.25) is 36.3 Å². The van der Waals surface area contributed by atoms with Crippen LogP contribution in [0.25, 0.3) is 0 Å². The first kappa shape index (κ1) is 33.7. The zero-order valence-electron chi connectivity index (χ0n) is 28.8. The third kappa shape index (κ3) is 5.79. The van der Waals surface area contributed by atoms with Gasteiger partial charge in [-0.3, -0.25) is 5.10 Å². The summed E-state index contributed by atoms with van der Waals surface area (Å²) in [7, 11) is -3.94.